The van der Waals surface area contributed by atoms with E-state index in [-0.39, 0.29) is 43.8 Å². The summed E-state index contributed by atoms with van der Waals surface area (Å²) < 4.78 is 6.47. The van der Waals surface area contributed by atoms with Crippen LogP contribution in [0.1, 0.15) is 12.0 Å². The zero-order chi connectivity index (χ0) is 17.6. The van der Waals surface area contributed by atoms with E-state index in [1.54, 1.807) is 9.80 Å². The van der Waals surface area contributed by atoms with Gasteiger partial charge in [-0.3, -0.25) is 4.79 Å². The van der Waals surface area contributed by atoms with Gasteiger partial charge in [0.1, 0.15) is 12.2 Å². The third-order valence-electron chi connectivity index (χ3n) is 5.15. The fourth-order valence-corrected chi connectivity index (χ4v) is 4.00. The van der Waals surface area contributed by atoms with Crippen LogP contribution in [0.4, 0.5) is 4.79 Å². The van der Waals surface area contributed by atoms with E-state index in [0.29, 0.717) is 19.5 Å². The van der Waals surface area contributed by atoms with Crippen LogP contribution < -0.4 is 5.32 Å². The van der Waals surface area contributed by atoms with Crippen LogP contribution in [0.5, 0.6) is 0 Å². The summed E-state index contributed by atoms with van der Waals surface area (Å²) in [6, 6.07) is 7.26. The van der Waals surface area contributed by atoms with Gasteiger partial charge >= 0.3 is 6.03 Å². The van der Waals surface area contributed by atoms with Crippen molar-refractivity contribution in [1.82, 2.24) is 15.1 Å². The van der Waals surface area contributed by atoms with Gasteiger partial charge < -0.3 is 25.0 Å². The Bertz CT molecular complexity index is 690. The molecule has 3 aliphatic heterocycles. The van der Waals surface area contributed by atoms with E-state index in [1.165, 1.54) is 0 Å². The Kier molecular flexibility index (Phi) is 4.21. The van der Waals surface area contributed by atoms with Crippen LogP contribution in [0.25, 0.3) is 0 Å². The molecule has 8 heteroatoms. The number of benzene rings is 1. The molecule has 0 saturated carbocycles. The van der Waals surface area contributed by atoms with Crippen LogP contribution in [0, 0.1) is 0 Å². The second kappa shape index (κ2) is 6.26. The van der Waals surface area contributed by atoms with Gasteiger partial charge in [0.25, 0.3) is 0 Å². The van der Waals surface area contributed by atoms with Crippen LogP contribution >= 0.6 is 15.9 Å². The van der Waals surface area contributed by atoms with E-state index < -0.39 is 5.60 Å². The van der Waals surface area contributed by atoms with Gasteiger partial charge in [0.15, 0.2) is 0 Å². The maximum atomic E-state index is 12.7. The fourth-order valence-electron chi connectivity index (χ4n) is 3.74. The lowest BCUT2D eigenvalue weighted by Gasteiger charge is -2.50. The van der Waals surface area contributed by atoms with Crippen molar-refractivity contribution in [2.24, 2.45) is 0 Å². The largest absolute Gasteiger partial charge is 0.381 e. The van der Waals surface area contributed by atoms with Gasteiger partial charge in [-0.05, 0) is 24.1 Å². The van der Waals surface area contributed by atoms with Crippen molar-refractivity contribution in [2.45, 2.75) is 24.2 Å². The number of hydrogen-bond acceptors (Lipinski definition) is 4. The SMILES string of the molecule is O=C1CO[C@H]2CCN(C(=O)N3CC(O)(c4ccc(Br)cc4)C3)C[C@H]2N1. The minimum absolute atomic E-state index is 0.0159. The zero-order valence-electron chi connectivity index (χ0n) is 13.7. The number of rotatable bonds is 1. The number of halogens is 1. The molecule has 0 unspecified atom stereocenters. The summed E-state index contributed by atoms with van der Waals surface area (Å²) in [5.74, 6) is -0.135. The normalized spacial score (nSPS) is 28.0. The summed E-state index contributed by atoms with van der Waals surface area (Å²) in [7, 11) is 0. The lowest BCUT2D eigenvalue weighted by atomic mass is 9.86. The first-order chi connectivity index (χ1) is 11.9. The first-order valence-electron chi connectivity index (χ1n) is 8.38. The Labute approximate surface area is 154 Å². The first-order valence-corrected chi connectivity index (χ1v) is 9.17. The van der Waals surface area contributed by atoms with E-state index >= 15 is 0 Å². The third kappa shape index (κ3) is 3.14. The molecular weight excluding hydrogens is 390 g/mol. The van der Waals surface area contributed by atoms with Gasteiger partial charge in [-0.15, -0.1) is 0 Å². The van der Waals surface area contributed by atoms with Crippen molar-refractivity contribution in [3.05, 3.63) is 34.3 Å². The number of fused-ring (bicyclic) bond motifs is 1. The summed E-state index contributed by atoms with van der Waals surface area (Å²) >= 11 is 3.38. The molecule has 0 aliphatic carbocycles. The van der Waals surface area contributed by atoms with E-state index in [2.05, 4.69) is 21.2 Å². The molecule has 1 aromatic carbocycles. The van der Waals surface area contributed by atoms with Crippen molar-refractivity contribution < 1.29 is 19.4 Å². The molecule has 2 N–H and O–H groups in total. The van der Waals surface area contributed by atoms with E-state index in [1.807, 2.05) is 24.3 Å². The summed E-state index contributed by atoms with van der Waals surface area (Å²) in [4.78, 5) is 27.5. The van der Waals surface area contributed by atoms with Crippen LogP contribution in [-0.4, -0.2) is 71.8 Å². The highest BCUT2D eigenvalue weighted by Gasteiger charge is 2.47. The fraction of sp³-hybridized carbons (Fsp3) is 0.529. The number of carbonyl (C=O) groups excluding carboxylic acids is 2. The second-order valence-electron chi connectivity index (χ2n) is 6.94. The van der Waals surface area contributed by atoms with E-state index in [4.69, 9.17) is 4.74 Å². The third-order valence-corrected chi connectivity index (χ3v) is 5.68. The molecule has 3 saturated heterocycles. The Balaban J connectivity index is 1.37. The molecule has 3 heterocycles. The summed E-state index contributed by atoms with van der Waals surface area (Å²) in [6.07, 6.45) is 0.694. The number of nitrogens with one attached hydrogen (secondary N) is 1. The Hall–Kier alpha value is -1.64. The van der Waals surface area contributed by atoms with E-state index in [9.17, 15) is 14.7 Å². The summed E-state index contributed by atoms with van der Waals surface area (Å²) in [5.41, 5.74) is -0.178. The Morgan fingerprint density at radius 1 is 1.28 bits per heavy atom. The van der Waals surface area contributed by atoms with Gasteiger partial charge in [0, 0.05) is 17.6 Å². The van der Waals surface area contributed by atoms with Gasteiger partial charge in [-0.2, -0.15) is 0 Å². The maximum absolute atomic E-state index is 12.7. The lowest BCUT2D eigenvalue weighted by Crippen LogP contribution is -2.67. The zero-order valence-corrected chi connectivity index (χ0v) is 15.2. The van der Waals surface area contributed by atoms with Crippen LogP contribution in [0.3, 0.4) is 0 Å². The number of piperidine rings is 1. The second-order valence-corrected chi connectivity index (χ2v) is 7.85. The van der Waals surface area contributed by atoms with E-state index in [0.717, 1.165) is 10.0 Å². The molecule has 3 fully saturated rings. The molecule has 7 nitrogen and oxygen atoms in total. The van der Waals surface area contributed by atoms with Gasteiger partial charge in [0.05, 0.1) is 25.2 Å². The van der Waals surface area contributed by atoms with Gasteiger partial charge in [-0.1, -0.05) is 28.1 Å². The molecule has 25 heavy (non-hydrogen) atoms. The summed E-state index contributed by atoms with van der Waals surface area (Å²) in [5, 5.41) is 13.6. The number of ether oxygens (including phenoxy) is 1. The Morgan fingerprint density at radius 3 is 2.72 bits per heavy atom. The molecule has 1 aromatic rings. The maximum Gasteiger partial charge on any atom is 0.320 e. The van der Waals surface area contributed by atoms with Crippen molar-refractivity contribution in [2.75, 3.05) is 32.8 Å². The molecule has 3 amide bonds. The number of morpholine rings is 1. The average molecular weight is 410 g/mol. The molecule has 0 aromatic heterocycles. The smallest absolute Gasteiger partial charge is 0.320 e. The number of urea groups is 1. The van der Waals surface area contributed by atoms with Crippen molar-refractivity contribution in [1.29, 1.82) is 0 Å². The standard InChI is InChI=1S/C17H20BrN3O4/c18-12-3-1-11(2-4-12)17(24)9-21(10-17)16(23)20-6-5-14-13(7-20)19-15(22)8-25-14/h1-4,13-14,24H,5-10H2,(H,19,22)/t13-,14+/m1/s1. The minimum atomic E-state index is -0.989. The molecule has 134 valence electrons. The first kappa shape index (κ1) is 16.8. The number of aliphatic hydroxyl groups is 1. The predicted octanol–water partition coefficient (Wildman–Crippen LogP) is 0.662. The van der Waals surface area contributed by atoms with Crippen molar-refractivity contribution in [3.63, 3.8) is 0 Å². The predicted molar refractivity (Wildman–Crippen MR) is 92.9 cm³/mol. The molecular formula is C17H20BrN3O4. The van der Waals surface area contributed by atoms with Crippen molar-refractivity contribution in [3.8, 4) is 0 Å². The lowest BCUT2D eigenvalue weighted by molar-refractivity contribution is -0.140. The average Bonchev–Trinajstić information content (AvgIpc) is 2.58. The molecule has 3 aliphatic rings. The number of carbonyl (C=O) groups is 2. The van der Waals surface area contributed by atoms with Gasteiger partial charge in [0.2, 0.25) is 5.91 Å². The number of amides is 3. The quantitative estimate of drug-likeness (QED) is 0.713. The highest BCUT2D eigenvalue weighted by Crippen LogP contribution is 2.33. The number of hydrogen-bond donors (Lipinski definition) is 2. The highest BCUT2D eigenvalue weighted by atomic mass is 79.9. The van der Waals surface area contributed by atoms with Crippen LogP contribution in [-0.2, 0) is 15.1 Å². The number of nitrogens with zero attached hydrogens (tertiary/aromatic N) is 2. The number of likely N-dealkylation sites (tertiary alicyclic amines) is 2. The van der Waals surface area contributed by atoms with Crippen LogP contribution in [0.2, 0.25) is 0 Å². The van der Waals surface area contributed by atoms with Gasteiger partial charge in [-0.25, -0.2) is 4.79 Å². The monoisotopic (exact) mass is 409 g/mol. The van der Waals surface area contributed by atoms with Crippen molar-refractivity contribution >= 4 is 27.9 Å². The summed E-state index contributed by atoms with van der Waals surface area (Å²) in [6.45, 7) is 1.70. The molecule has 4 rings (SSSR count). The van der Waals surface area contributed by atoms with Crippen LogP contribution in [0.15, 0.2) is 28.7 Å². The molecule has 0 bridgehead atoms. The molecule has 0 radical (unpaired) electrons. The Morgan fingerprint density at radius 2 is 2.00 bits per heavy atom. The number of β-amino-alcohol motifs (C(OH)–C–C–N with tert-alkyl or cyclic N) is 1. The highest BCUT2D eigenvalue weighted by molar-refractivity contribution is 9.10. The topological polar surface area (TPSA) is 82.1 Å². The minimum Gasteiger partial charge on any atom is -0.381 e. The molecule has 0 spiro atoms. The molecule has 2 atom stereocenters.